The topological polar surface area (TPSA) is 64.7 Å². The number of nitrogens with two attached hydrogens (primary N) is 1. The van der Waals surface area contributed by atoms with Crippen molar-refractivity contribution in [1.82, 2.24) is 15.0 Å². The maximum Gasteiger partial charge on any atom is 0.178 e. The van der Waals surface area contributed by atoms with E-state index in [1.54, 1.807) is 0 Å². The number of aryl methyl sites for hydroxylation is 2. The highest BCUT2D eigenvalue weighted by Crippen LogP contribution is 2.14. The quantitative estimate of drug-likeness (QED) is 0.912. The van der Waals surface area contributed by atoms with Crippen LogP contribution in [0, 0.1) is 13.8 Å². The highest BCUT2D eigenvalue weighted by Gasteiger charge is 2.09. The molecule has 4 heteroatoms. The minimum Gasteiger partial charge on any atom is -0.327 e. The number of hydrogen-bond donors (Lipinski definition) is 1. The molecule has 1 atom stereocenters. The molecule has 2 rings (SSSR count). The van der Waals surface area contributed by atoms with Gasteiger partial charge in [0.15, 0.2) is 5.82 Å². The van der Waals surface area contributed by atoms with Crippen molar-refractivity contribution in [2.45, 2.75) is 39.7 Å². The van der Waals surface area contributed by atoms with Gasteiger partial charge in [0, 0.05) is 29.5 Å². The molecule has 0 radical (unpaired) electrons. The number of hydrogen-bond acceptors (Lipinski definition) is 4. The largest absolute Gasteiger partial charge is 0.327 e. The maximum atomic E-state index is 5.99. The summed E-state index contributed by atoms with van der Waals surface area (Å²) in [6, 6.07) is 8.02. The standard InChI is InChI=1S/C15H20N4/c1-4-12(16)9-13-8-11(3)18-15(19-13)14-7-5-6-10(2)17-14/h5-8,12H,4,9,16H2,1-3H3. The van der Waals surface area contributed by atoms with Gasteiger partial charge in [-0.1, -0.05) is 13.0 Å². The predicted molar refractivity (Wildman–Crippen MR) is 76.7 cm³/mol. The highest BCUT2D eigenvalue weighted by molar-refractivity contribution is 5.49. The summed E-state index contributed by atoms with van der Waals surface area (Å²) in [5, 5.41) is 0. The first-order valence-corrected chi connectivity index (χ1v) is 6.62. The van der Waals surface area contributed by atoms with Crippen molar-refractivity contribution in [2.24, 2.45) is 5.73 Å². The molecule has 0 saturated heterocycles. The molecule has 0 aliphatic heterocycles. The Morgan fingerprint density at radius 2 is 1.89 bits per heavy atom. The van der Waals surface area contributed by atoms with Gasteiger partial charge in [-0.15, -0.1) is 0 Å². The second kappa shape index (κ2) is 5.89. The first-order valence-electron chi connectivity index (χ1n) is 6.62. The Kier molecular flexibility index (Phi) is 4.22. The van der Waals surface area contributed by atoms with Gasteiger partial charge in [-0.05, 0) is 38.5 Å². The molecule has 0 aromatic carbocycles. The van der Waals surface area contributed by atoms with Gasteiger partial charge in [0.25, 0.3) is 0 Å². The monoisotopic (exact) mass is 256 g/mol. The van der Waals surface area contributed by atoms with Crippen molar-refractivity contribution < 1.29 is 0 Å². The highest BCUT2D eigenvalue weighted by atomic mass is 14.9. The summed E-state index contributed by atoms with van der Waals surface area (Å²) >= 11 is 0. The molecule has 2 heterocycles. The zero-order valence-electron chi connectivity index (χ0n) is 11.7. The molecule has 2 aromatic rings. The minimum atomic E-state index is 0.146. The van der Waals surface area contributed by atoms with Crippen LogP contribution in [0.25, 0.3) is 11.5 Å². The van der Waals surface area contributed by atoms with E-state index in [9.17, 15) is 0 Å². The molecule has 2 N–H and O–H groups in total. The Morgan fingerprint density at radius 1 is 1.11 bits per heavy atom. The molecule has 2 aromatic heterocycles. The van der Waals surface area contributed by atoms with Crippen LogP contribution >= 0.6 is 0 Å². The van der Waals surface area contributed by atoms with Gasteiger partial charge in [-0.3, -0.25) is 0 Å². The van der Waals surface area contributed by atoms with E-state index in [1.165, 1.54) is 0 Å². The molecule has 0 aliphatic rings. The van der Waals surface area contributed by atoms with Crippen molar-refractivity contribution in [3.8, 4) is 11.5 Å². The molecule has 0 amide bonds. The van der Waals surface area contributed by atoms with E-state index in [0.717, 1.165) is 35.6 Å². The zero-order valence-corrected chi connectivity index (χ0v) is 11.7. The summed E-state index contributed by atoms with van der Waals surface area (Å²) < 4.78 is 0. The maximum absolute atomic E-state index is 5.99. The van der Waals surface area contributed by atoms with Crippen LogP contribution in [0.4, 0.5) is 0 Å². The third kappa shape index (κ3) is 3.58. The molecule has 1 unspecified atom stereocenters. The fourth-order valence-electron chi connectivity index (χ4n) is 1.93. The first kappa shape index (κ1) is 13.6. The summed E-state index contributed by atoms with van der Waals surface area (Å²) in [5.41, 5.74) is 9.71. The molecular formula is C15H20N4. The Labute approximate surface area is 114 Å². The van der Waals surface area contributed by atoms with Gasteiger partial charge in [0.05, 0.1) is 0 Å². The fourth-order valence-corrected chi connectivity index (χ4v) is 1.93. The summed E-state index contributed by atoms with van der Waals surface area (Å²) in [7, 11) is 0. The van der Waals surface area contributed by atoms with E-state index in [2.05, 4.69) is 21.9 Å². The van der Waals surface area contributed by atoms with E-state index in [0.29, 0.717) is 5.82 Å². The van der Waals surface area contributed by atoms with Crippen LogP contribution in [0.3, 0.4) is 0 Å². The lowest BCUT2D eigenvalue weighted by molar-refractivity contribution is 0.635. The number of nitrogens with zero attached hydrogens (tertiary/aromatic N) is 3. The fraction of sp³-hybridized carbons (Fsp3) is 0.400. The Bertz CT molecular complexity index is 566. The molecular weight excluding hydrogens is 236 g/mol. The molecule has 0 aliphatic carbocycles. The Morgan fingerprint density at radius 3 is 2.58 bits per heavy atom. The number of pyridine rings is 1. The predicted octanol–water partition coefficient (Wildman–Crippen LogP) is 2.44. The minimum absolute atomic E-state index is 0.146. The Balaban J connectivity index is 2.36. The summed E-state index contributed by atoms with van der Waals surface area (Å²) in [6.45, 7) is 6.02. The lowest BCUT2D eigenvalue weighted by atomic mass is 10.1. The van der Waals surface area contributed by atoms with Crippen molar-refractivity contribution in [3.63, 3.8) is 0 Å². The van der Waals surface area contributed by atoms with Crippen LogP contribution in [0.1, 0.15) is 30.4 Å². The van der Waals surface area contributed by atoms with Crippen LogP contribution < -0.4 is 5.73 Å². The second-order valence-electron chi connectivity index (χ2n) is 4.86. The Hall–Kier alpha value is -1.81. The normalized spacial score (nSPS) is 12.4. The lowest BCUT2D eigenvalue weighted by Gasteiger charge is -2.10. The van der Waals surface area contributed by atoms with Gasteiger partial charge in [-0.25, -0.2) is 15.0 Å². The number of aromatic nitrogens is 3. The average molecular weight is 256 g/mol. The third-order valence-corrected chi connectivity index (χ3v) is 3.02. The van der Waals surface area contributed by atoms with Crippen LogP contribution in [0.5, 0.6) is 0 Å². The summed E-state index contributed by atoms with van der Waals surface area (Å²) in [4.78, 5) is 13.5. The first-order chi connectivity index (χ1) is 9.08. The van der Waals surface area contributed by atoms with E-state index in [4.69, 9.17) is 5.73 Å². The van der Waals surface area contributed by atoms with Gasteiger partial charge in [0.2, 0.25) is 0 Å². The van der Waals surface area contributed by atoms with E-state index < -0.39 is 0 Å². The second-order valence-corrected chi connectivity index (χ2v) is 4.86. The van der Waals surface area contributed by atoms with Gasteiger partial charge in [-0.2, -0.15) is 0 Å². The summed E-state index contributed by atoms with van der Waals surface area (Å²) in [5.74, 6) is 0.682. The average Bonchev–Trinajstić information content (AvgIpc) is 2.38. The van der Waals surface area contributed by atoms with E-state index in [1.807, 2.05) is 38.1 Å². The SMILES string of the molecule is CCC(N)Cc1cc(C)nc(-c2cccc(C)n2)n1. The van der Waals surface area contributed by atoms with E-state index >= 15 is 0 Å². The summed E-state index contributed by atoms with van der Waals surface area (Å²) in [6.07, 6.45) is 1.72. The van der Waals surface area contributed by atoms with Crippen LogP contribution in [-0.2, 0) is 6.42 Å². The van der Waals surface area contributed by atoms with Crippen molar-refractivity contribution >= 4 is 0 Å². The number of rotatable bonds is 4. The van der Waals surface area contributed by atoms with Crippen LogP contribution in [0.15, 0.2) is 24.3 Å². The van der Waals surface area contributed by atoms with E-state index in [-0.39, 0.29) is 6.04 Å². The molecule has 19 heavy (non-hydrogen) atoms. The van der Waals surface area contributed by atoms with Crippen molar-refractivity contribution in [1.29, 1.82) is 0 Å². The zero-order chi connectivity index (χ0) is 13.8. The molecule has 0 spiro atoms. The molecule has 0 bridgehead atoms. The molecule has 100 valence electrons. The van der Waals surface area contributed by atoms with Crippen molar-refractivity contribution in [3.05, 3.63) is 41.3 Å². The van der Waals surface area contributed by atoms with Crippen LogP contribution in [0.2, 0.25) is 0 Å². The molecule has 4 nitrogen and oxygen atoms in total. The third-order valence-electron chi connectivity index (χ3n) is 3.02. The van der Waals surface area contributed by atoms with Gasteiger partial charge in [0.1, 0.15) is 5.69 Å². The lowest BCUT2D eigenvalue weighted by Crippen LogP contribution is -2.22. The smallest absolute Gasteiger partial charge is 0.178 e. The molecule has 0 fully saturated rings. The van der Waals surface area contributed by atoms with Crippen molar-refractivity contribution in [2.75, 3.05) is 0 Å². The van der Waals surface area contributed by atoms with Gasteiger partial charge < -0.3 is 5.73 Å². The van der Waals surface area contributed by atoms with Gasteiger partial charge >= 0.3 is 0 Å². The molecule has 0 saturated carbocycles. The van der Waals surface area contributed by atoms with Crippen LogP contribution in [-0.4, -0.2) is 21.0 Å².